The van der Waals surface area contributed by atoms with Gasteiger partial charge < -0.3 is 19.5 Å². The highest BCUT2D eigenvalue weighted by Crippen LogP contribution is 2.09. The summed E-state index contributed by atoms with van der Waals surface area (Å²) in [7, 11) is 5.72. The molecular formula is C16H26N6OS. The Balaban J connectivity index is 2.02. The van der Waals surface area contributed by atoms with Gasteiger partial charge in [-0.2, -0.15) is 11.3 Å². The molecule has 0 atom stereocenters. The van der Waals surface area contributed by atoms with Crippen LogP contribution < -0.4 is 5.32 Å². The summed E-state index contributed by atoms with van der Waals surface area (Å²) < 4.78 is 7.07. The molecule has 0 aliphatic heterocycles. The number of methoxy groups -OCH3 is 1. The van der Waals surface area contributed by atoms with Gasteiger partial charge in [-0.05, 0) is 35.7 Å². The van der Waals surface area contributed by atoms with Crippen LogP contribution in [-0.2, 0) is 24.9 Å². The van der Waals surface area contributed by atoms with E-state index < -0.39 is 0 Å². The fourth-order valence-electron chi connectivity index (χ4n) is 2.19. The number of aryl methyl sites for hydroxylation is 1. The van der Waals surface area contributed by atoms with Gasteiger partial charge in [0.05, 0.1) is 0 Å². The standard InChI is InChI=1S/C16H26N6OS/c1-13-19-20-15(22(13)3)10-18-16(17-7-5-8-23-4)21(2)11-14-6-9-24-12-14/h6,9,12H,5,7-8,10-11H2,1-4H3,(H,17,18). The number of hydrogen-bond donors (Lipinski definition) is 1. The largest absolute Gasteiger partial charge is 0.385 e. The third kappa shape index (κ3) is 5.31. The van der Waals surface area contributed by atoms with Crippen molar-refractivity contribution < 1.29 is 4.74 Å². The lowest BCUT2D eigenvalue weighted by molar-refractivity contribution is 0.195. The smallest absolute Gasteiger partial charge is 0.194 e. The minimum absolute atomic E-state index is 0.498. The number of nitrogens with zero attached hydrogens (tertiary/aromatic N) is 5. The van der Waals surface area contributed by atoms with Crippen LogP contribution in [0.4, 0.5) is 0 Å². The van der Waals surface area contributed by atoms with Crippen LogP contribution in [0.3, 0.4) is 0 Å². The first kappa shape index (κ1) is 18.4. The van der Waals surface area contributed by atoms with Crippen LogP contribution in [0.25, 0.3) is 0 Å². The van der Waals surface area contributed by atoms with Gasteiger partial charge in [-0.15, -0.1) is 10.2 Å². The monoisotopic (exact) mass is 350 g/mol. The highest BCUT2D eigenvalue weighted by Gasteiger charge is 2.09. The lowest BCUT2D eigenvalue weighted by Crippen LogP contribution is -2.39. The molecular weight excluding hydrogens is 324 g/mol. The van der Waals surface area contributed by atoms with Crippen molar-refractivity contribution in [2.75, 3.05) is 27.3 Å². The van der Waals surface area contributed by atoms with E-state index in [9.17, 15) is 0 Å². The Hall–Kier alpha value is -1.93. The molecule has 0 radical (unpaired) electrons. The van der Waals surface area contributed by atoms with Gasteiger partial charge in [0.25, 0.3) is 0 Å². The minimum Gasteiger partial charge on any atom is -0.385 e. The lowest BCUT2D eigenvalue weighted by Gasteiger charge is -2.22. The van der Waals surface area contributed by atoms with E-state index in [1.165, 1.54) is 5.56 Å². The molecule has 24 heavy (non-hydrogen) atoms. The summed E-state index contributed by atoms with van der Waals surface area (Å²) in [6.07, 6.45) is 0.935. The first-order valence-electron chi connectivity index (χ1n) is 7.96. The Bertz CT molecular complexity index is 637. The van der Waals surface area contributed by atoms with E-state index in [4.69, 9.17) is 9.73 Å². The van der Waals surface area contributed by atoms with Gasteiger partial charge in [-0.1, -0.05) is 0 Å². The van der Waals surface area contributed by atoms with E-state index in [1.807, 2.05) is 25.6 Å². The van der Waals surface area contributed by atoms with Crippen LogP contribution in [0.2, 0.25) is 0 Å². The van der Waals surface area contributed by atoms with Gasteiger partial charge in [0.1, 0.15) is 12.4 Å². The summed E-state index contributed by atoms with van der Waals surface area (Å²) in [4.78, 5) is 6.84. The van der Waals surface area contributed by atoms with Crippen LogP contribution in [0.5, 0.6) is 0 Å². The zero-order valence-corrected chi connectivity index (χ0v) is 15.6. The van der Waals surface area contributed by atoms with E-state index >= 15 is 0 Å². The number of hydrogen-bond acceptors (Lipinski definition) is 5. The van der Waals surface area contributed by atoms with E-state index in [0.29, 0.717) is 6.54 Å². The highest BCUT2D eigenvalue weighted by molar-refractivity contribution is 7.07. The fourth-order valence-corrected chi connectivity index (χ4v) is 2.85. The predicted octanol–water partition coefficient (Wildman–Crippen LogP) is 1.80. The van der Waals surface area contributed by atoms with Crippen LogP contribution in [0, 0.1) is 6.92 Å². The third-order valence-corrected chi connectivity index (χ3v) is 4.45. The molecule has 0 saturated carbocycles. The maximum absolute atomic E-state index is 5.10. The van der Waals surface area contributed by atoms with E-state index in [2.05, 4.69) is 37.2 Å². The van der Waals surface area contributed by atoms with Crippen molar-refractivity contribution in [3.8, 4) is 0 Å². The zero-order valence-electron chi connectivity index (χ0n) is 14.8. The number of guanidine groups is 1. The molecule has 8 heteroatoms. The minimum atomic E-state index is 0.498. The van der Waals surface area contributed by atoms with Crippen molar-refractivity contribution in [3.05, 3.63) is 34.0 Å². The second-order valence-corrected chi connectivity index (χ2v) is 6.40. The van der Waals surface area contributed by atoms with Crippen LogP contribution >= 0.6 is 11.3 Å². The van der Waals surface area contributed by atoms with Gasteiger partial charge >= 0.3 is 0 Å². The molecule has 132 valence electrons. The Morgan fingerprint density at radius 3 is 2.92 bits per heavy atom. The topological polar surface area (TPSA) is 67.6 Å². The summed E-state index contributed by atoms with van der Waals surface area (Å²) in [5.74, 6) is 2.60. The molecule has 2 heterocycles. The van der Waals surface area contributed by atoms with Crippen molar-refractivity contribution >= 4 is 17.3 Å². The number of thiophene rings is 1. The molecule has 0 aromatic carbocycles. The molecule has 1 N–H and O–H groups in total. The number of rotatable bonds is 8. The summed E-state index contributed by atoms with van der Waals surface area (Å²) in [5.41, 5.74) is 1.28. The number of ether oxygens (including phenoxy) is 1. The average molecular weight is 350 g/mol. The molecule has 0 aliphatic carbocycles. The van der Waals surface area contributed by atoms with Crippen molar-refractivity contribution in [2.24, 2.45) is 12.0 Å². The first-order chi connectivity index (χ1) is 11.6. The van der Waals surface area contributed by atoms with Gasteiger partial charge in [0.2, 0.25) is 0 Å². The van der Waals surface area contributed by atoms with Crippen LogP contribution in [-0.4, -0.2) is 52.9 Å². The summed E-state index contributed by atoms with van der Waals surface area (Å²) in [5, 5.41) is 15.9. The molecule has 0 bridgehead atoms. The van der Waals surface area contributed by atoms with Gasteiger partial charge in [-0.25, -0.2) is 4.99 Å². The second kappa shape index (κ2) is 9.39. The molecule has 2 aromatic rings. The molecule has 0 unspecified atom stereocenters. The fraction of sp³-hybridized carbons (Fsp3) is 0.562. The second-order valence-electron chi connectivity index (χ2n) is 5.62. The van der Waals surface area contributed by atoms with Crippen molar-refractivity contribution in [2.45, 2.75) is 26.4 Å². The molecule has 0 spiro atoms. The average Bonchev–Trinajstić information content (AvgIpc) is 3.18. The SMILES string of the molecule is COCCCNC(=NCc1nnc(C)n1C)N(C)Cc1ccsc1. The third-order valence-electron chi connectivity index (χ3n) is 3.72. The van der Waals surface area contributed by atoms with Gasteiger partial charge in [0, 0.05) is 40.9 Å². The molecule has 0 fully saturated rings. The molecule has 0 saturated heterocycles. The quantitative estimate of drug-likeness (QED) is 0.447. The summed E-state index contributed by atoms with van der Waals surface area (Å²) in [6, 6.07) is 2.13. The van der Waals surface area contributed by atoms with E-state index in [1.54, 1.807) is 18.4 Å². The van der Waals surface area contributed by atoms with Crippen molar-refractivity contribution in [1.82, 2.24) is 25.0 Å². The predicted molar refractivity (Wildman–Crippen MR) is 97.2 cm³/mol. The molecule has 7 nitrogen and oxygen atoms in total. The Labute approximate surface area is 147 Å². The van der Waals surface area contributed by atoms with E-state index in [-0.39, 0.29) is 0 Å². The molecule has 0 amide bonds. The maximum Gasteiger partial charge on any atom is 0.194 e. The van der Waals surface area contributed by atoms with Gasteiger partial charge in [-0.3, -0.25) is 0 Å². The van der Waals surface area contributed by atoms with Crippen molar-refractivity contribution in [1.29, 1.82) is 0 Å². The maximum atomic E-state index is 5.10. The Morgan fingerprint density at radius 1 is 1.46 bits per heavy atom. The number of nitrogens with one attached hydrogen (secondary N) is 1. The normalized spacial score (nSPS) is 11.8. The molecule has 2 rings (SSSR count). The lowest BCUT2D eigenvalue weighted by atomic mass is 10.3. The summed E-state index contributed by atoms with van der Waals surface area (Å²) >= 11 is 1.71. The number of aliphatic imine (C=N–C) groups is 1. The van der Waals surface area contributed by atoms with E-state index in [0.717, 1.165) is 43.7 Å². The van der Waals surface area contributed by atoms with Gasteiger partial charge in [0.15, 0.2) is 11.8 Å². The van der Waals surface area contributed by atoms with Crippen molar-refractivity contribution in [3.63, 3.8) is 0 Å². The van der Waals surface area contributed by atoms with Crippen LogP contribution in [0.15, 0.2) is 21.8 Å². The molecule has 2 aromatic heterocycles. The highest BCUT2D eigenvalue weighted by atomic mass is 32.1. The summed E-state index contributed by atoms with van der Waals surface area (Å²) in [6.45, 7) is 4.80. The molecule has 0 aliphatic rings. The first-order valence-corrected chi connectivity index (χ1v) is 8.90. The number of aromatic nitrogens is 3. The Morgan fingerprint density at radius 2 is 2.29 bits per heavy atom. The van der Waals surface area contributed by atoms with Crippen LogP contribution in [0.1, 0.15) is 23.6 Å². The zero-order chi connectivity index (χ0) is 17.4. The Kier molecular flexibility index (Phi) is 7.20.